The first-order valence-corrected chi connectivity index (χ1v) is 10.8. The number of piperidine rings is 1. The Kier molecular flexibility index (Phi) is 5.55. The van der Waals surface area contributed by atoms with E-state index in [4.69, 9.17) is 4.42 Å². The summed E-state index contributed by atoms with van der Waals surface area (Å²) in [5.41, 5.74) is 2.53. The number of nitrogens with zero attached hydrogens (tertiary/aromatic N) is 1. The number of aromatic amines is 1. The number of oxazole rings is 1. The van der Waals surface area contributed by atoms with E-state index in [-0.39, 0.29) is 0 Å². The molecule has 2 aromatic carbocycles. The summed E-state index contributed by atoms with van der Waals surface area (Å²) >= 11 is 0. The third-order valence-electron chi connectivity index (χ3n) is 5.32. The van der Waals surface area contributed by atoms with E-state index in [1.807, 2.05) is 0 Å². The van der Waals surface area contributed by atoms with Gasteiger partial charge in [0.1, 0.15) is 0 Å². The van der Waals surface area contributed by atoms with Crippen molar-refractivity contribution in [1.82, 2.24) is 9.88 Å². The molecule has 6 heteroatoms. The number of fused-ring (bicyclic) bond motifs is 1. The van der Waals surface area contributed by atoms with Crippen molar-refractivity contribution in [2.45, 2.75) is 24.2 Å². The molecule has 4 rings (SSSR count). The van der Waals surface area contributed by atoms with Crippen molar-refractivity contribution in [1.29, 1.82) is 0 Å². The van der Waals surface area contributed by atoms with Gasteiger partial charge in [0.15, 0.2) is 5.58 Å². The second-order valence-corrected chi connectivity index (χ2v) is 8.77. The van der Waals surface area contributed by atoms with Crippen LogP contribution in [0.5, 0.6) is 0 Å². The Bertz CT molecular complexity index is 972. The highest BCUT2D eigenvalue weighted by Gasteiger charge is 2.20. The summed E-state index contributed by atoms with van der Waals surface area (Å²) < 4.78 is 17.7. The number of nitrogens with one attached hydrogen (secondary N) is 1. The van der Waals surface area contributed by atoms with Gasteiger partial charge in [0.2, 0.25) is 0 Å². The Labute approximate surface area is 160 Å². The smallest absolute Gasteiger partial charge is 0.408 e. The van der Waals surface area contributed by atoms with Crippen LogP contribution in [0.2, 0.25) is 0 Å². The lowest BCUT2D eigenvalue weighted by molar-refractivity contribution is 0.193. The summed E-state index contributed by atoms with van der Waals surface area (Å²) in [6.45, 7) is 2.97. The van der Waals surface area contributed by atoms with Gasteiger partial charge in [-0.1, -0.05) is 30.3 Å². The molecule has 0 unspecified atom stereocenters. The fourth-order valence-electron chi connectivity index (χ4n) is 3.76. The second kappa shape index (κ2) is 8.23. The average molecular weight is 385 g/mol. The van der Waals surface area contributed by atoms with Crippen LogP contribution in [0, 0.1) is 5.92 Å². The van der Waals surface area contributed by atoms with E-state index >= 15 is 0 Å². The molecule has 0 saturated carbocycles. The maximum Gasteiger partial charge on any atom is 0.417 e. The Balaban J connectivity index is 1.26. The maximum absolute atomic E-state index is 12.6. The van der Waals surface area contributed by atoms with Crippen LogP contribution in [-0.2, 0) is 17.2 Å². The number of hydrogen-bond acceptors (Lipinski definition) is 4. The van der Waals surface area contributed by atoms with E-state index < -0.39 is 16.6 Å². The number of hydrogen-bond donors (Lipinski definition) is 1. The third kappa shape index (κ3) is 4.57. The molecule has 1 fully saturated rings. The second-order valence-electron chi connectivity index (χ2n) is 7.20. The molecule has 0 amide bonds. The van der Waals surface area contributed by atoms with Crippen molar-refractivity contribution in [3.8, 4) is 0 Å². The zero-order valence-corrected chi connectivity index (χ0v) is 16.0. The predicted octanol–water partition coefficient (Wildman–Crippen LogP) is 3.18. The summed E-state index contributed by atoms with van der Waals surface area (Å²) in [4.78, 5) is 17.0. The van der Waals surface area contributed by atoms with Gasteiger partial charge in [-0.2, -0.15) is 0 Å². The molecule has 0 radical (unpaired) electrons. The van der Waals surface area contributed by atoms with Crippen molar-refractivity contribution < 1.29 is 8.63 Å². The molecule has 1 aromatic heterocycles. The first-order valence-electron chi connectivity index (χ1n) is 9.45. The molecule has 27 heavy (non-hydrogen) atoms. The molecule has 0 aliphatic carbocycles. The number of aromatic nitrogens is 1. The standard InChI is InChI=1S/C21H24N2O3S/c24-21-22-19-7-6-18(15-20(19)26-21)27(25)13-12-23-10-8-17(9-11-23)14-16-4-2-1-3-5-16/h1-7,15,17H,8-14H2,(H,22,24)/t27-/m0/s1. The zero-order valence-electron chi connectivity index (χ0n) is 15.2. The molecule has 2 heterocycles. The molecule has 142 valence electrons. The van der Waals surface area contributed by atoms with Crippen LogP contribution in [0.3, 0.4) is 0 Å². The SMILES string of the molecule is O=c1[nH]c2ccc([S@@](=O)CCN3CCC(Cc4ccccc4)CC3)cc2o1. The van der Waals surface area contributed by atoms with Crippen LogP contribution < -0.4 is 5.76 Å². The van der Waals surface area contributed by atoms with Crippen LogP contribution in [0.4, 0.5) is 0 Å². The van der Waals surface area contributed by atoms with Crippen LogP contribution >= 0.6 is 0 Å². The minimum atomic E-state index is -1.09. The zero-order chi connectivity index (χ0) is 18.6. The minimum Gasteiger partial charge on any atom is -0.408 e. The molecule has 5 nitrogen and oxygen atoms in total. The number of rotatable bonds is 6. The fourth-order valence-corrected chi connectivity index (χ4v) is 4.88. The van der Waals surface area contributed by atoms with Gasteiger partial charge in [-0.25, -0.2) is 4.79 Å². The Morgan fingerprint density at radius 1 is 1.11 bits per heavy atom. The van der Waals surface area contributed by atoms with Crippen molar-refractivity contribution in [2.24, 2.45) is 5.92 Å². The van der Waals surface area contributed by atoms with Gasteiger partial charge in [-0.3, -0.25) is 9.19 Å². The number of likely N-dealkylation sites (tertiary alicyclic amines) is 1. The number of benzene rings is 2. The van der Waals surface area contributed by atoms with Crippen molar-refractivity contribution in [3.63, 3.8) is 0 Å². The van der Waals surface area contributed by atoms with Crippen LogP contribution in [0.25, 0.3) is 11.1 Å². The first kappa shape index (κ1) is 18.2. The van der Waals surface area contributed by atoms with E-state index in [1.54, 1.807) is 18.2 Å². The van der Waals surface area contributed by atoms with Gasteiger partial charge in [-0.15, -0.1) is 0 Å². The highest BCUT2D eigenvalue weighted by atomic mass is 32.2. The first-order chi connectivity index (χ1) is 13.2. The lowest BCUT2D eigenvalue weighted by Crippen LogP contribution is -2.36. The van der Waals surface area contributed by atoms with Crippen molar-refractivity contribution in [2.75, 3.05) is 25.4 Å². The summed E-state index contributed by atoms with van der Waals surface area (Å²) in [6.07, 6.45) is 3.55. The largest absolute Gasteiger partial charge is 0.417 e. The molecule has 0 bridgehead atoms. The van der Waals surface area contributed by atoms with Crippen molar-refractivity contribution in [3.05, 3.63) is 64.6 Å². The van der Waals surface area contributed by atoms with E-state index in [2.05, 4.69) is 40.2 Å². The molecule has 1 saturated heterocycles. The number of H-pyrrole nitrogens is 1. The van der Waals surface area contributed by atoms with E-state index in [0.717, 1.165) is 32.0 Å². The Hall–Kier alpha value is -2.18. The maximum atomic E-state index is 12.6. The minimum absolute atomic E-state index is 0.465. The van der Waals surface area contributed by atoms with Crippen molar-refractivity contribution >= 4 is 21.9 Å². The van der Waals surface area contributed by atoms with Gasteiger partial charge in [0.25, 0.3) is 0 Å². The summed E-state index contributed by atoms with van der Waals surface area (Å²) in [7, 11) is -1.09. The lowest BCUT2D eigenvalue weighted by atomic mass is 9.90. The molecule has 3 aromatic rings. The van der Waals surface area contributed by atoms with Crippen LogP contribution in [-0.4, -0.2) is 39.5 Å². The van der Waals surface area contributed by atoms with Gasteiger partial charge in [0.05, 0.1) is 16.3 Å². The summed E-state index contributed by atoms with van der Waals surface area (Å²) in [5, 5.41) is 0. The van der Waals surface area contributed by atoms with Crippen LogP contribution in [0.15, 0.2) is 62.6 Å². The van der Waals surface area contributed by atoms with Gasteiger partial charge in [0, 0.05) is 17.2 Å². The van der Waals surface area contributed by atoms with Gasteiger partial charge >= 0.3 is 5.76 Å². The van der Waals surface area contributed by atoms with Crippen LogP contribution in [0.1, 0.15) is 18.4 Å². The molecule has 0 spiro atoms. The monoisotopic (exact) mass is 384 g/mol. The van der Waals surface area contributed by atoms with Gasteiger partial charge in [-0.05, 0) is 62.0 Å². The summed E-state index contributed by atoms with van der Waals surface area (Å²) in [5.74, 6) is 0.864. The lowest BCUT2D eigenvalue weighted by Gasteiger charge is -2.31. The quantitative estimate of drug-likeness (QED) is 0.709. The molecule has 1 N–H and O–H groups in total. The highest BCUT2D eigenvalue weighted by molar-refractivity contribution is 7.85. The molecule has 1 aliphatic rings. The van der Waals surface area contributed by atoms with E-state index in [9.17, 15) is 9.00 Å². The highest BCUT2D eigenvalue weighted by Crippen LogP contribution is 2.22. The Morgan fingerprint density at radius 2 is 1.89 bits per heavy atom. The third-order valence-corrected chi connectivity index (χ3v) is 6.66. The van der Waals surface area contributed by atoms with E-state index in [0.29, 0.717) is 21.7 Å². The molecule has 1 atom stereocenters. The van der Waals surface area contributed by atoms with E-state index in [1.165, 1.54) is 18.4 Å². The Morgan fingerprint density at radius 3 is 2.67 bits per heavy atom. The van der Waals surface area contributed by atoms with Gasteiger partial charge < -0.3 is 9.32 Å². The topological polar surface area (TPSA) is 66.3 Å². The molecular weight excluding hydrogens is 360 g/mol. The molecule has 1 aliphatic heterocycles. The summed E-state index contributed by atoms with van der Waals surface area (Å²) in [6, 6.07) is 15.9. The predicted molar refractivity (Wildman–Crippen MR) is 107 cm³/mol. The fraction of sp³-hybridized carbons (Fsp3) is 0.381. The normalized spacial score (nSPS) is 17.3. The average Bonchev–Trinajstić information content (AvgIpc) is 3.07. The molecular formula is C21H24N2O3S.